The van der Waals surface area contributed by atoms with Crippen LogP contribution in [0.1, 0.15) is 107 Å². The zero-order valence-electron chi connectivity index (χ0n) is 33.7. The number of allylic oxidation sites excluding steroid dienone is 4. The monoisotopic (exact) mass is 766 g/mol. The van der Waals surface area contributed by atoms with E-state index in [1.165, 1.54) is 11.1 Å². The molecule has 310 valence electrons. The van der Waals surface area contributed by atoms with Crippen LogP contribution >= 0.6 is 0 Å². The summed E-state index contributed by atoms with van der Waals surface area (Å²) in [5, 5.41) is 85.4. The summed E-state index contributed by atoms with van der Waals surface area (Å²) in [5.74, 6) is 1.14. The maximum atomic E-state index is 12.1. The Hall–Kier alpha value is -1.00. The fourth-order valence-electron chi connectivity index (χ4n) is 12.9. The Kier molecular flexibility index (Phi) is 12.3. The standard InChI is InChI=1S/C42H70O12/c1-21(2)10-9-11-22(3)23-12-16-42(8)30(23)24(45)18-28-40(6)15-14-29(39(4,5)27(40)13-17-41(28,42)7)53-38-36(34(49)32(47)26(20-44)52-38)54-37-35(50)33(48)31(46)25(19-43)51-37/h10-11,23-38,43-50H,9,12-20H2,1-8H3/t23?,24-,25?,26?,27?,28?,29?,30?,31?,32?,33?,34?,35?,36?,37?,38?,40+,41-,42?/m1/s1. The largest absolute Gasteiger partial charge is 0.394 e. The molecule has 0 aromatic carbocycles. The number of hydrogen-bond donors (Lipinski definition) is 8. The highest BCUT2D eigenvalue weighted by molar-refractivity contribution is 5.23. The van der Waals surface area contributed by atoms with Gasteiger partial charge in [0.2, 0.25) is 0 Å². The summed E-state index contributed by atoms with van der Waals surface area (Å²) in [6.45, 7) is 17.1. The summed E-state index contributed by atoms with van der Waals surface area (Å²) < 4.78 is 24.4. The van der Waals surface area contributed by atoms with E-state index in [1.54, 1.807) is 0 Å². The van der Waals surface area contributed by atoms with Crippen LogP contribution in [0.25, 0.3) is 0 Å². The van der Waals surface area contributed by atoms with E-state index in [0.717, 1.165) is 44.9 Å². The van der Waals surface area contributed by atoms with Crippen molar-refractivity contribution in [3.05, 3.63) is 23.3 Å². The molecule has 4 saturated carbocycles. The van der Waals surface area contributed by atoms with E-state index in [2.05, 4.69) is 67.5 Å². The van der Waals surface area contributed by atoms with Crippen LogP contribution < -0.4 is 0 Å². The Morgan fingerprint density at radius 3 is 1.91 bits per heavy atom. The molecule has 6 fully saturated rings. The van der Waals surface area contributed by atoms with E-state index >= 15 is 0 Å². The van der Waals surface area contributed by atoms with Crippen molar-refractivity contribution in [3.8, 4) is 0 Å². The minimum absolute atomic E-state index is 0.00171. The first kappa shape index (κ1) is 42.6. The maximum absolute atomic E-state index is 12.1. The SMILES string of the molecule is CC(C)=CCC=C(C)C1CCC2(C)C1[C@H](O)CC1[C@@]3(C)CCC(OC4OC(CO)C(O)C(O)C4OC4OC(CO)C(O)C(O)C4O)C(C)(C)C3CC[C@]12C. The highest BCUT2D eigenvalue weighted by Crippen LogP contribution is 2.75. The molecule has 0 amide bonds. The van der Waals surface area contributed by atoms with Crippen molar-refractivity contribution in [1.82, 2.24) is 0 Å². The molecule has 16 unspecified atom stereocenters. The number of ether oxygens (including phenoxy) is 4. The van der Waals surface area contributed by atoms with Gasteiger partial charge < -0.3 is 59.8 Å². The van der Waals surface area contributed by atoms with E-state index in [0.29, 0.717) is 18.3 Å². The third-order valence-electron chi connectivity index (χ3n) is 16.1. The zero-order chi connectivity index (χ0) is 39.7. The Bertz CT molecular complexity index is 1380. The molecule has 0 bridgehead atoms. The van der Waals surface area contributed by atoms with E-state index in [1.807, 2.05) is 0 Å². The first-order valence-electron chi connectivity index (χ1n) is 20.5. The van der Waals surface area contributed by atoms with Gasteiger partial charge in [0, 0.05) is 0 Å². The van der Waals surface area contributed by atoms with Gasteiger partial charge in [0.05, 0.1) is 25.4 Å². The predicted octanol–water partition coefficient (Wildman–Crippen LogP) is 2.95. The van der Waals surface area contributed by atoms with Crippen LogP contribution in [-0.4, -0.2) is 128 Å². The third kappa shape index (κ3) is 6.89. The van der Waals surface area contributed by atoms with Gasteiger partial charge >= 0.3 is 0 Å². The summed E-state index contributed by atoms with van der Waals surface area (Å²) in [6, 6.07) is 0. The normalized spacial score (nSPS) is 51.9. The quantitative estimate of drug-likeness (QED) is 0.126. The molecule has 2 heterocycles. The second kappa shape index (κ2) is 15.6. The highest BCUT2D eigenvalue weighted by Gasteiger charge is 2.70. The van der Waals surface area contributed by atoms with Crippen LogP contribution in [0.4, 0.5) is 0 Å². The zero-order valence-corrected chi connectivity index (χ0v) is 33.7. The molecule has 4 aliphatic carbocycles. The van der Waals surface area contributed by atoms with Crippen molar-refractivity contribution in [3.63, 3.8) is 0 Å². The lowest BCUT2D eigenvalue weighted by Gasteiger charge is -2.70. The summed E-state index contributed by atoms with van der Waals surface area (Å²) in [4.78, 5) is 0. The van der Waals surface area contributed by atoms with Gasteiger partial charge in [0.1, 0.15) is 48.8 Å². The van der Waals surface area contributed by atoms with Gasteiger partial charge in [-0.15, -0.1) is 0 Å². The molecule has 2 saturated heterocycles. The van der Waals surface area contributed by atoms with Crippen molar-refractivity contribution >= 4 is 0 Å². The third-order valence-corrected chi connectivity index (χ3v) is 16.1. The number of aliphatic hydroxyl groups excluding tert-OH is 8. The average molecular weight is 767 g/mol. The van der Waals surface area contributed by atoms with Crippen LogP contribution in [-0.2, 0) is 18.9 Å². The lowest BCUT2D eigenvalue weighted by Crippen LogP contribution is -2.67. The summed E-state index contributed by atoms with van der Waals surface area (Å²) >= 11 is 0. The Labute approximate surface area is 321 Å². The fourth-order valence-corrected chi connectivity index (χ4v) is 12.9. The summed E-state index contributed by atoms with van der Waals surface area (Å²) in [5.41, 5.74) is 2.29. The molecule has 12 nitrogen and oxygen atoms in total. The average Bonchev–Trinajstić information content (AvgIpc) is 3.49. The Balaban J connectivity index is 1.23. The molecular formula is C42H70O12. The Morgan fingerprint density at radius 2 is 1.28 bits per heavy atom. The second-order valence-corrected chi connectivity index (χ2v) is 19.4. The fraction of sp³-hybridized carbons (Fsp3) is 0.905. The molecule has 2 aliphatic heterocycles. The van der Waals surface area contributed by atoms with E-state index < -0.39 is 80.0 Å². The van der Waals surface area contributed by atoms with Crippen molar-refractivity contribution in [1.29, 1.82) is 0 Å². The van der Waals surface area contributed by atoms with Crippen molar-refractivity contribution < 1.29 is 59.8 Å². The number of rotatable bonds is 9. The van der Waals surface area contributed by atoms with Crippen molar-refractivity contribution in [2.24, 2.45) is 45.3 Å². The highest BCUT2D eigenvalue weighted by atomic mass is 16.8. The minimum Gasteiger partial charge on any atom is -0.394 e. The van der Waals surface area contributed by atoms with E-state index in [-0.39, 0.29) is 40.3 Å². The van der Waals surface area contributed by atoms with E-state index in [9.17, 15) is 40.9 Å². The topological polar surface area (TPSA) is 199 Å². The summed E-state index contributed by atoms with van der Waals surface area (Å²) in [7, 11) is 0. The first-order chi connectivity index (χ1) is 25.3. The molecule has 6 aliphatic rings. The van der Waals surface area contributed by atoms with Gasteiger partial charge in [0.25, 0.3) is 0 Å². The van der Waals surface area contributed by atoms with Gasteiger partial charge in [-0.1, -0.05) is 57.9 Å². The van der Waals surface area contributed by atoms with Gasteiger partial charge in [-0.2, -0.15) is 0 Å². The molecule has 0 aromatic heterocycles. The number of hydrogen-bond acceptors (Lipinski definition) is 12. The second-order valence-electron chi connectivity index (χ2n) is 19.4. The van der Waals surface area contributed by atoms with Crippen molar-refractivity contribution in [2.75, 3.05) is 13.2 Å². The molecule has 6 rings (SSSR count). The van der Waals surface area contributed by atoms with Crippen LogP contribution in [0.3, 0.4) is 0 Å². The van der Waals surface area contributed by atoms with Gasteiger partial charge in [0.15, 0.2) is 12.6 Å². The number of aliphatic hydroxyl groups is 8. The molecule has 19 atom stereocenters. The predicted molar refractivity (Wildman–Crippen MR) is 199 cm³/mol. The first-order valence-corrected chi connectivity index (χ1v) is 20.5. The van der Waals surface area contributed by atoms with Crippen molar-refractivity contribution in [2.45, 2.75) is 180 Å². The van der Waals surface area contributed by atoms with Crippen LogP contribution in [0.2, 0.25) is 0 Å². The molecule has 8 N–H and O–H groups in total. The molecule has 0 aromatic rings. The number of fused-ring (bicyclic) bond motifs is 5. The van der Waals surface area contributed by atoms with Gasteiger partial charge in [-0.3, -0.25) is 0 Å². The molecule has 12 heteroatoms. The molecule has 54 heavy (non-hydrogen) atoms. The lowest BCUT2D eigenvalue weighted by molar-refractivity contribution is -0.378. The molecule has 0 radical (unpaired) electrons. The minimum atomic E-state index is -1.74. The van der Waals surface area contributed by atoms with Gasteiger partial charge in [-0.05, 0) is 117 Å². The maximum Gasteiger partial charge on any atom is 0.187 e. The van der Waals surface area contributed by atoms with Crippen LogP contribution in [0.5, 0.6) is 0 Å². The lowest BCUT2D eigenvalue weighted by atomic mass is 9.35. The molecular weight excluding hydrogens is 696 g/mol. The van der Waals surface area contributed by atoms with Crippen LogP contribution in [0.15, 0.2) is 23.3 Å². The smallest absolute Gasteiger partial charge is 0.187 e. The van der Waals surface area contributed by atoms with Gasteiger partial charge in [-0.25, -0.2) is 0 Å². The Morgan fingerprint density at radius 1 is 0.667 bits per heavy atom. The van der Waals surface area contributed by atoms with E-state index in [4.69, 9.17) is 18.9 Å². The molecule has 0 spiro atoms. The van der Waals surface area contributed by atoms with Crippen LogP contribution in [0, 0.1) is 45.3 Å². The summed E-state index contributed by atoms with van der Waals surface area (Å²) in [6.07, 6.45) is -3.65.